The van der Waals surface area contributed by atoms with Crippen LogP contribution in [0.4, 0.5) is 0 Å². The van der Waals surface area contributed by atoms with Gasteiger partial charge < -0.3 is 8.98 Å². The topological polar surface area (TPSA) is 35.9 Å². The lowest BCUT2D eigenvalue weighted by Crippen LogP contribution is -1.97. The van der Waals surface area contributed by atoms with Crippen LogP contribution >= 0.6 is 0 Å². The van der Waals surface area contributed by atoms with E-state index in [0.29, 0.717) is 0 Å². The van der Waals surface area contributed by atoms with Crippen molar-refractivity contribution in [2.24, 2.45) is 0 Å². The van der Waals surface area contributed by atoms with Crippen LogP contribution in [0.3, 0.4) is 0 Å². The summed E-state index contributed by atoms with van der Waals surface area (Å²) >= 11 is 0. The maximum Gasteiger partial charge on any atom is 0.137 e. The molecule has 12 aromatic rings. The van der Waals surface area contributed by atoms with Gasteiger partial charge in [-0.2, -0.15) is 0 Å². The Morgan fingerprint density at radius 1 is 0.316 bits per heavy atom. The lowest BCUT2D eigenvalue weighted by atomic mass is 9.99. The summed E-state index contributed by atoms with van der Waals surface area (Å²) < 4.78 is 10.7. The molecule has 0 saturated carbocycles. The maximum absolute atomic E-state index is 6.06. The van der Waals surface area contributed by atoms with Crippen molar-refractivity contribution in [1.82, 2.24) is 14.1 Å². The third-order valence-electron chi connectivity index (χ3n) is 11.6. The number of fused-ring (bicyclic) bond motifs is 9. The van der Waals surface area contributed by atoms with Crippen LogP contribution in [0.2, 0.25) is 0 Å². The predicted octanol–water partition coefficient (Wildman–Crippen LogP) is 14.2. The van der Waals surface area contributed by atoms with Crippen LogP contribution in [0.1, 0.15) is 0 Å². The van der Waals surface area contributed by atoms with Gasteiger partial charge in [0.1, 0.15) is 17.0 Å². The standard InChI is InChI=1S/C53H33N3O/c1-2-10-40(11-3-1)55-47-15-7-4-12-41(47)44-30-37(22-26-49(44)55)38-23-27-50-45(31-38)42-13-5-8-16-48(42)56(50)53-29-25-39(33-54-53)35-20-18-34(19-21-35)36-24-28-52-46(32-36)43-14-6-9-17-51(43)57-52/h1-33H. The molecule has 4 aromatic heterocycles. The zero-order valence-electron chi connectivity index (χ0n) is 30.8. The SMILES string of the molecule is c1ccc(-n2c3ccccc3c3cc(-c4ccc5c(c4)c4ccccc4n5-c4ccc(-c5ccc(-c6ccc7oc8ccccc8c7c6)cc5)cn4)ccc32)cc1. The summed E-state index contributed by atoms with van der Waals surface area (Å²) in [6.07, 6.45) is 1.99. The summed E-state index contributed by atoms with van der Waals surface area (Å²) in [5.74, 6) is 0.894. The molecule has 0 bridgehead atoms. The predicted molar refractivity (Wildman–Crippen MR) is 237 cm³/mol. The summed E-state index contributed by atoms with van der Waals surface area (Å²) in [6.45, 7) is 0. The second-order valence-corrected chi connectivity index (χ2v) is 14.8. The zero-order chi connectivity index (χ0) is 37.5. The fourth-order valence-electron chi connectivity index (χ4n) is 8.86. The van der Waals surface area contributed by atoms with Gasteiger partial charge in [0.15, 0.2) is 0 Å². The normalized spacial score (nSPS) is 11.9. The molecule has 0 aliphatic rings. The molecular formula is C53H33N3O. The molecule has 4 nitrogen and oxygen atoms in total. The maximum atomic E-state index is 6.06. The Labute approximate surface area is 328 Å². The number of nitrogens with zero attached hydrogens (tertiary/aromatic N) is 3. The van der Waals surface area contributed by atoms with E-state index in [2.05, 4.69) is 191 Å². The molecule has 0 radical (unpaired) electrons. The van der Waals surface area contributed by atoms with Crippen molar-refractivity contribution in [3.05, 3.63) is 200 Å². The Balaban J connectivity index is 0.894. The number of rotatable bonds is 5. The lowest BCUT2D eigenvalue weighted by Gasteiger charge is -2.10. The summed E-state index contributed by atoms with van der Waals surface area (Å²) in [5.41, 5.74) is 14.6. The smallest absolute Gasteiger partial charge is 0.137 e. The number of hydrogen-bond donors (Lipinski definition) is 0. The van der Waals surface area contributed by atoms with E-state index in [4.69, 9.17) is 9.40 Å². The molecule has 57 heavy (non-hydrogen) atoms. The molecule has 12 rings (SSSR count). The minimum Gasteiger partial charge on any atom is -0.456 e. The molecule has 0 unspecified atom stereocenters. The van der Waals surface area contributed by atoms with Gasteiger partial charge in [0.05, 0.1) is 22.1 Å². The highest BCUT2D eigenvalue weighted by Crippen LogP contribution is 2.39. The largest absolute Gasteiger partial charge is 0.456 e. The van der Waals surface area contributed by atoms with E-state index in [9.17, 15) is 0 Å². The first kappa shape index (κ1) is 31.6. The molecule has 0 amide bonds. The number of pyridine rings is 1. The molecule has 0 spiro atoms. The molecule has 0 aliphatic carbocycles. The van der Waals surface area contributed by atoms with Gasteiger partial charge >= 0.3 is 0 Å². The molecular weight excluding hydrogens is 695 g/mol. The van der Waals surface area contributed by atoms with E-state index < -0.39 is 0 Å². The van der Waals surface area contributed by atoms with Gasteiger partial charge in [0, 0.05) is 49.8 Å². The molecule has 0 fully saturated rings. The van der Waals surface area contributed by atoms with Crippen molar-refractivity contribution in [2.75, 3.05) is 0 Å². The van der Waals surface area contributed by atoms with Gasteiger partial charge in [0.2, 0.25) is 0 Å². The Morgan fingerprint density at radius 2 is 0.789 bits per heavy atom. The number of hydrogen-bond acceptors (Lipinski definition) is 2. The van der Waals surface area contributed by atoms with Crippen LogP contribution in [-0.4, -0.2) is 14.1 Å². The first-order chi connectivity index (χ1) is 28.2. The summed E-state index contributed by atoms with van der Waals surface area (Å²) in [7, 11) is 0. The molecule has 4 heteroatoms. The first-order valence-electron chi connectivity index (χ1n) is 19.4. The van der Waals surface area contributed by atoms with Crippen LogP contribution in [-0.2, 0) is 0 Å². The van der Waals surface area contributed by atoms with Crippen LogP contribution in [0.25, 0.3) is 110 Å². The van der Waals surface area contributed by atoms with Crippen molar-refractivity contribution in [3.8, 4) is 44.9 Å². The Morgan fingerprint density at radius 3 is 1.47 bits per heavy atom. The van der Waals surface area contributed by atoms with E-state index in [-0.39, 0.29) is 0 Å². The van der Waals surface area contributed by atoms with Gasteiger partial charge in [-0.1, -0.05) is 115 Å². The second kappa shape index (κ2) is 12.4. The third-order valence-corrected chi connectivity index (χ3v) is 11.6. The molecule has 0 atom stereocenters. The minimum atomic E-state index is 0.894. The van der Waals surface area contributed by atoms with Crippen LogP contribution in [0.15, 0.2) is 205 Å². The number of para-hydroxylation sites is 4. The van der Waals surface area contributed by atoms with Crippen molar-refractivity contribution in [1.29, 1.82) is 0 Å². The summed E-state index contributed by atoms with van der Waals surface area (Å²) in [5, 5.41) is 7.19. The van der Waals surface area contributed by atoms with Crippen molar-refractivity contribution in [2.45, 2.75) is 0 Å². The number of aromatic nitrogens is 3. The molecule has 266 valence electrons. The van der Waals surface area contributed by atoms with Crippen LogP contribution in [0, 0.1) is 0 Å². The lowest BCUT2D eigenvalue weighted by molar-refractivity contribution is 0.669. The fraction of sp³-hybridized carbons (Fsp3) is 0. The molecule has 0 saturated heterocycles. The van der Waals surface area contributed by atoms with E-state index >= 15 is 0 Å². The van der Waals surface area contributed by atoms with E-state index in [1.54, 1.807) is 0 Å². The highest BCUT2D eigenvalue weighted by Gasteiger charge is 2.17. The Hall–Kier alpha value is -7.69. The molecule has 8 aromatic carbocycles. The average Bonchev–Trinajstić information content (AvgIpc) is 3.94. The monoisotopic (exact) mass is 727 g/mol. The van der Waals surface area contributed by atoms with Crippen molar-refractivity contribution < 1.29 is 4.42 Å². The van der Waals surface area contributed by atoms with E-state index in [1.807, 2.05) is 18.3 Å². The quantitative estimate of drug-likeness (QED) is 0.177. The van der Waals surface area contributed by atoms with Gasteiger partial charge in [-0.3, -0.25) is 4.57 Å². The van der Waals surface area contributed by atoms with Gasteiger partial charge in [-0.15, -0.1) is 0 Å². The average molecular weight is 728 g/mol. The number of furan rings is 1. The molecule has 4 heterocycles. The highest BCUT2D eigenvalue weighted by atomic mass is 16.3. The minimum absolute atomic E-state index is 0.894. The van der Waals surface area contributed by atoms with Gasteiger partial charge in [-0.05, 0) is 107 Å². The fourth-order valence-corrected chi connectivity index (χ4v) is 8.86. The van der Waals surface area contributed by atoms with Crippen molar-refractivity contribution in [3.63, 3.8) is 0 Å². The van der Waals surface area contributed by atoms with Crippen molar-refractivity contribution >= 4 is 65.6 Å². The molecule has 0 aliphatic heterocycles. The van der Waals surface area contributed by atoms with Gasteiger partial charge in [0.25, 0.3) is 0 Å². The summed E-state index contributed by atoms with van der Waals surface area (Å²) in [6, 6.07) is 69.4. The van der Waals surface area contributed by atoms with E-state index in [1.165, 1.54) is 60.5 Å². The van der Waals surface area contributed by atoms with Gasteiger partial charge in [-0.25, -0.2) is 4.98 Å². The third kappa shape index (κ3) is 4.98. The Kier molecular flexibility index (Phi) is 6.89. The Bertz CT molecular complexity index is 3500. The van der Waals surface area contributed by atoms with Crippen LogP contribution in [0.5, 0.6) is 0 Å². The first-order valence-corrected chi connectivity index (χ1v) is 19.4. The highest BCUT2D eigenvalue weighted by molar-refractivity contribution is 6.13. The van der Waals surface area contributed by atoms with Crippen LogP contribution < -0.4 is 0 Å². The number of benzene rings is 8. The molecule has 0 N–H and O–H groups in total. The zero-order valence-corrected chi connectivity index (χ0v) is 30.8. The second-order valence-electron chi connectivity index (χ2n) is 14.8. The summed E-state index contributed by atoms with van der Waals surface area (Å²) in [4.78, 5) is 5.06. The van der Waals surface area contributed by atoms with E-state index in [0.717, 1.165) is 49.9 Å².